The number of tetrazole rings is 1. The predicted octanol–water partition coefficient (Wildman–Crippen LogP) is -0.0677. The average Bonchev–Trinajstić information content (AvgIpc) is 2.82. The number of urea groups is 1. The molecule has 9 nitrogen and oxygen atoms in total. The summed E-state index contributed by atoms with van der Waals surface area (Å²) in [4.78, 5) is 28.9. The maximum atomic E-state index is 12.2. The molecule has 2 heterocycles. The number of carbonyl (C=O) groups excluding carboxylic acids is 2. The van der Waals surface area contributed by atoms with Crippen molar-refractivity contribution in [2.24, 2.45) is 12.5 Å². The third-order valence-corrected chi connectivity index (χ3v) is 3.22. The van der Waals surface area contributed by atoms with Crippen LogP contribution in [0, 0.1) is 5.41 Å². The number of hydrogen-bond donors (Lipinski definition) is 1. The number of aryl methyl sites for hydroxylation is 1. The van der Waals surface area contributed by atoms with E-state index < -0.39 is 5.41 Å². The van der Waals surface area contributed by atoms with Crippen LogP contribution in [0.4, 0.5) is 10.7 Å². The second-order valence-corrected chi connectivity index (χ2v) is 6.06. The van der Waals surface area contributed by atoms with Crippen LogP contribution in [0.5, 0.6) is 0 Å². The first kappa shape index (κ1) is 15.2. The highest BCUT2D eigenvalue weighted by atomic mass is 16.2. The fraction of sp³-hybridized carbons (Fsp3) is 0.750. The molecule has 116 valence electrons. The van der Waals surface area contributed by atoms with Gasteiger partial charge in [-0.1, -0.05) is 25.9 Å². The average molecular weight is 295 g/mol. The number of nitrogens with one attached hydrogen (secondary N) is 1. The molecule has 0 atom stereocenters. The van der Waals surface area contributed by atoms with Crippen LogP contribution in [0.3, 0.4) is 0 Å². The Bertz CT molecular complexity index is 526. The molecule has 1 aromatic heterocycles. The molecule has 1 saturated heterocycles. The van der Waals surface area contributed by atoms with Gasteiger partial charge in [0.2, 0.25) is 5.91 Å². The lowest BCUT2D eigenvalue weighted by molar-refractivity contribution is -0.140. The first-order valence-electron chi connectivity index (χ1n) is 6.86. The largest absolute Gasteiger partial charge is 0.339 e. The Morgan fingerprint density at radius 1 is 1.10 bits per heavy atom. The molecule has 1 aliphatic rings. The van der Waals surface area contributed by atoms with Crippen LogP contribution >= 0.6 is 0 Å². The zero-order valence-corrected chi connectivity index (χ0v) is 12.8. The summed E-state index contributed by atoms with van der Waals surface area (Å²) in [5, 5.41) is 13.8. The van der Waals surface area contributed by atoms with Gasteiger partial charge in [0, 0.05) is 31.6 Å². The van der Waals surface area contributed by atoms with Crippen molar-refractivity contribution in [3.05, 3.63) is 0 Å². The molecule has 1 N–H and O–H groups in total. The molecule has 9 heteroatoms. The molecule has 0 aliphatic carbocycles. The van der Waals surface area contributed by atoms with Gasteiger partial charge in [-0.3, -0.25) is 10.1 Å². The first-order chi connectivity index (χ1) is 9.77. The number of rotatable bonds is 1. The number of amides is 3. The van der Waals surface area contributed by atoms with Crippen LogP contribution in [0.15, 0.2) is 0 Å². The van der Waals surface area contributed by atoms with E-state index >= 15 is 0 Å². The van der Waals surface area contributed by atoms with Crippen molar-refractivity contribution in [1.82, 2.24) is 30.0 Å². The number of nitrogens with zero attached hydrogens (tertiary/aromatic N) is 6. The van der Waals surface area contributed by atoms with Crippen molar-refractivity contribution in [3.8, 4) is 0 Å². The Morgan fingerprint density at radius 2 is 1.67 bits per heavy atom. The SMILES string of the molecule is Cn1nnc(NC(=O)N2CCN(C(=O)C(C)(C)C)CC2)n1. The van der Waals surface area contributed by atoms with Crippen molar-refractivity contribution >= 4 is 17.9 Å². The highest BCUT2D eigenvalue weighted by Crippen LogP contribution is 2.18. The third kappa shape index (κ3) is 3.67. The maximum absolute atomic E-state index is 12.2. The van der Waals surface area contributed by atoms with E-state index in [1.54, 1.807) is 16.8 Å². The number of carbonyl (C=O) groups is 2. The molecule has 0 bridgehead atoms. The molecule has 1 aromatic rings. The smallest absolute Gasteiger partial charge is 0.324 e. The summed E-state index contributed by atoms with van der Waals surface area (Å²) in [6, 6.07) is -0.272. The monoisotopic (exact) mass is 295 g/mol. The van der Waals surface area contributed by atoms with Crippen LogP contribution in [-0.4, -0.2) is 68.1 Å². The Kier molecular flexibility index (Phi) is 4.10. The summed E-state index contributed by atoms with van der Waals surface area (Å²) in [5.41, 5.74) is -0.395. The van der Waals surface area contributed by atoms with E-state index in [0.29, 0.717) is 26.2 Å². The van der Waals surface area contributed by atoms with Crippen molar-refractivity contribution in [2.75, 3.05) is 31.5 Å². The lowest BCUT2D eigenvalue weighted by atomic mass is 9.94. The summed E-state index contributed by atoms with van der Waals surface area (Å²) < 4.78 is 0. The van der Waals surface area contributed by atoms with Crippen LogP contribution in [0.25, 0.3) is 0 Å². The van der Waals surface area contributed by atoms with Gasteiger partial charge >= 0.3 is 6.03 Å². The summed E-state index contributed by atoms with van der Waals surface area (Å²) in [6.07, 6.45) is 0. The highest BCUT2D eigenvalue weighted by molar-refractivity contribution is 5.87. The van der Waals surface area contributed by atoms with Crippen molar-refractivity contribution in [1.29, 1.82) is 0 Å². The summed E-state index contributed by atoms with van der Waals surface area (Å²) in [6.45, 7) is 7.76. The van der Waals surface area contributed by atoms with Crippen molar-refractivity contribution < 1.29 is 9.59 Å². The van der Waals surface area contributed by atoms with Gasteiger partial charge in [0.15, 0.2) is 0 Å². The number of hydrogen-bond acceptors (Lipinski definition) is 5. The van der Waals surface area contributed by atoms with Crippen molar-refractivity contribution in [3.63, 3.8) is 0 Å². The van der Waals surface area contributed by atoms with Gasteiger partial charge in [-0.15, -0.1) is 5.10 Å². The van der Waals surface area contributed by atoms with Gasteiger partial charge in [-0.2, -0.15) is 4.80 Å². The van der Waals surface area contributed by atoms with Gasteiger partial charge in [0.25, 0.3) is 5.95 Å². The minimum absolute atomic E-state index is 0.109. The molecule has 0 radical (unpaired) electrons. The van der Waals surface area contributed by atoms with Crippen LogP contribution in [-0.2, 0) is 11.8 Å². The molecule has 21 heavy (non-hydrogen) atoms. The second kappa shape index (κ2) is 5.66. The van der Waals surface area contributed by atoms with E-state index in [9.17, 15) is 9.59 Å². The molecule has 3 amide bonds. The van der Waals surface area contributed by atoms with Gasteiger partial charge in [0.05, 0.1) is 7.05 Å². The quantitative estimate of drug-likeness (QED) is 0.782. The Morgan fingerprint density at radius 3 is 2.14 bits per heavy atom. The normalized spacial score (nSPS) is 16.0. The van der Waals surface area contributed by atoms with E-state index in [-0.39, 0.29) is 17.9 Å². The van der Waals surface area contributed by atoms with Crippen LogP contribution in [0.2, 0.25) is 0 Å². The third-order valence-electron chi connectivity index (χ3n) is 3.22. The number of anilines is 1. The van der Waals surface area contributed by atoms with E-state index in [0.717, 1.165) is 0 Å². The number of piperazine rings is 1. The fourth-order valence-electron chi connectivity index (χ4n) is 2.10. The molecule has 2 rings (SSSR count). The molecular formula is C12H21N7O2. The minimum Gasteiger partial charge on any atom is -0.339 e. The Labute approximate surface area is 123 Å². The molecule has 0 unspecified atom stereocenters. The maximum Gasteiger partial charge on any atom is 0.324 e. The lowest BCUT2D eigenvalue weighted by Crippen LogP contribution is -2.53. The topological polar surface area (TPSA) is 96.3 Å². The van der Waals surface area contributed by atoms with E-state index in [1.807, 2.05) is 20.8 Å². The molecule has 0 spiro atoms. The summed E-state index contributed by atoms with van der Waals surface area (Å²) >= 11 is 0. The van der Waals surface area contributed by atoms with Crippen LogP contribution in [0.1, 0.15) is 20.8 Å². The molecule has 1 fully saturated rings. The summed E-state index contributed by atoms with van der Waals surface area (Å²) in [7, 11) is 1.62. The highest BCUT2D eigenvalue weighted by Gasteiger charge is 2.31. The van der Waals surface area contributed by atoms with Gasteiger partial charge in [0.1, 0.15) is 0 Å². The molecule has 0 aromatic carbocycles. The first-order valence-corrected chi connectivity index (χ1v) is 6.86. The van der Waals surface area contributed by atoms with Gasteiger partial charge < -0.3 is 9.80 Å². The predicted molar refractivity (Wildman–Crippen MR) is 75.4 cm³/mol. The van der Waals surface area contributed by atoms with Crippen molar-refractivity contribution in [2.45, 2.75) is 20.8 Å². The van der Waals surface area contributed by atoms with Crippen LogP contribution < -0.4 is 5.32 Å². The number of aromatic nitrogens is 4. The second-order valence-electron chi connectivity index (χ2n) is 6.06. The molecule has 1 aliphatic heterocycles. The zero-order chi connectivity index (χ0) is 15.6. The van der Waals surface area contributed by atoms with Gasteiger partial charge in [-0.25, -0.2) is 4.79 Å². The van der Waals surface area contributed by atoms with E-state index in [1.165, 1.54) is 4.80 Å². The minimum atomic E-state index is -0.395. The molecule has 0 saturated carbocycles. The van der Waals surface area contributed by atoms with E-state index in [4.69, 9.17) is 0 Å². The Balaban J connectivity index is 1.86. The van der Waals surface area contributed by atoms with Gasteiger partial charge in [-0.05, 0) is 5.21 Å². The lowest BCUT2D eigenvalue weighted by Gasteiger charge is -2.37. The standard InChI is InChI=1S/C12H21N7O2/c1-12(2,3)9(20)18-5-7-19(8-6-18)11(21)13-10-14-16-17(4)15-10/h5-8H2,1-4H3,(H,13,15,21). The Hall–Kier alpha value is -2.19. The fourth-order valence-corrected chi connectivity index (χ4v) is 2.10. The van der Waals surface area contributed by atoms with E-state index in [2.05, 4.69) is 20.7 Å². The zero-order valence-electron chi connectivity index (χ0n) is 12.8. The summed E-state index contributed by atoms with van der Waals surface area (Å²) in [5.74, 6) is 0.286. The molecular weight excluding hydrogens is 274 g/mol.